The Morgan fingerprint density at radius 2 is 2.04 bits per heavy atom. The Labute approximate surface area is 150 Å². The smallest absolute Gasteiger partial charge is 0.270 e. The molecule has 6 nitrogen and oxygen atoms in total. The number of amides is 1. The zero-order valence-corrected chi connectivity index (χ0v) is 14.8. The summed E-state index contributed by atoms with van der Waals surface area (Å²) in [7, 11) is 0. The van der Waals surface area contributed by atoms with E-state index >= 15 is 0 Å². The monoisotopic (exact) mass is 359 g/mol. The molecular formula is C18H21N3O3S. The average Bonchev–Trinajstić information content (AvgIpc) is 3.15. The van der Waals surface area contributed by atoms with Gasteiger partial charge in [-0.3, -0.25) is 14.9 Å². The van der Waals surface area contributed by atoms with Crippen molar-refractivity contribution in [3.05, 3.63) is 56.3 Å². The van der Waals surface area contributed by atoms with Crippen LogP contribution in [0.4, 0.5) is 11.4 Å². The van der Waals surface area contributed by atoms with Crippen LogP contribution in [0.5, 0.6) is 0 Å². The Hall–Kier alpha value is -2.41. The van der Waals surface area contributed by atoms with E-state index < -0.39 is 4.92 Å². The highest BCUT2D eigenvalue weighted by Gasteiger charge is 2.21. The third-order valence-electron chi connectivity index (χ3n) is 4.37. The highest BCUT2D eigenvalue weighted by molar-refractivity contribution is 7.09. The largest absolute Gasteiger partial charge is 0.371 e. The van der Waals surface area contributed by atoms with Gasteiger partial charge in [0.15, 0.2) is 0 Å². The van der Waals surface area contributed by atoms with Crippen molar-refractivity contribution in [3.63, 3.8) is 0 Å². The van der Waals surface area contributed by atoms with Crippen molar-refractivity contribution in [3.8, 4) is 0 Å². The van der Waals surface area contributed by atoms with Crippen LogP contribution in [-0.2, 0) is 6.42 Å². The predicted molar refractivity (Wildman–Crippen MR) is 99.5 cm³/mol. The van der Waals surface area contributed by atoms with Gasteiger partial charge >= 0.3 is 0 Å². The Balaban J connectivity index is 1.76. The first-order chi connectivity index (χ1) is 12.1. The molecule has 0 aliphatic carbocycles. The van der Waals surface area contributed by atoms with E-state index in [1.54, 1.807) is 17.4 Å². The molecule has 1 N–H and O–H groups in total. The van der Waals surface area contributed by atoms with Crippen LogP contribution in [0.15, 0.2) is 35.7 Å². The molecule has 1 aromatic heterocycles. The van der Waals surface area contributed by atoms with Crippen LogP contribution >= 0.6 is 11.3 Å². The Morgan fingerprint density at radius 3 is 2.72 bits per heavy atom. The minimum atomic E-state index is -0.456. The molecular weight excluding hydrogens is 338 g/mol. The molecule has 0 bridgehead atoms. The molecule has 0 atom stereocenters. The molecule has 2 aromatic rings. The molecule has 132 valence electrons. The zero-order chi connectivity index (χ0) is 17.6. The van der Waals surface area contributed by atoms with E-state index in [2.05, 4.69) is 10.2 Å². The van der Waals surface area contributed by atoms with Crippen LogP contribution in [0.2, 0.25) is 0 Å². The number of hydrogen-bond acceptors (Lipinski definition) is 5. The molecule has 3 rings (SSSR count). The molecule has 0 saturated carbocycles. The molecule has 2 heterocycles. The lowest BCUT2D eigenvalue weighted by molar-refractivity contribution is -0.384. The summed E-state index contributed by atoms with van der Waals surface area (Å²) in [6.07, 6.45) is 4.11. The van der Waals surface area contributed by atoms with Crippen LogP contribution in [0.25, 0.3) is 0 Å². The number of carbonyl (C=O) groups is 1. The van der Waals surface area contributed by atoms with Gasteiger partial charge in [0.25, 0.3) is 11.6 Å². The summed E-state index contributed by atoms with van der Waals surface area (Å²) in [4.78, 5) is 26.7. The van der Waals surface area contributed by atoms with Crippen molar-refractivity contribution >= 4 is 28.6 Å². The van der Waals surface area contributed by atoms with Crippen molar-refractivity contribution in [2.75, 3.05) is 24.5 Å². The van der Waals surface area contributed by atoms with Gasteiger partial charge in [0.05, 0.1) is 16.2 Å². The minimum Gasteiger partial charge on any atom is -0.371 e. The SMILES string of the molecule is O=C(NCCc1cccs1)c1cc([N+](=O)[O-])ccc1N1CCCCC1. The normalized spacial score (nSPS) is 14.3. The first-order valence-corrected chi connectivity index (χ1v) is 9.37. The second-order valence-corrected chi connectivity index (χ2v) is 7.12. The number of nitrogens with zero attached hydrogens (tertiary/aromatic N) is 2. The predicted octanol–water partition coefficient (Wildman–Crippen LogP) is 3.62. The number of carbonyl (C=O) groups excluding carboxylic acids is 1. The van der Waals surface area contributed by atoms with E-state index in [-0.39, 0.29) is 11.6 Å². The van der Waals surface area contributed by atoms with E-state index in [1.807, 2.05) is 17.5 Å². The lowest BCUT2D eigenvalue weighted by Gasteiger charge is -2.30. The standard InChI is InChI=1S/C18H21N3O3S/c22-18(19-9-8-15-5-4-12-25-15)16-13-14(21(23)24)6-7-17(16)20-10-2-1-3-11-20/h4-7,12-13H,1-3,8-11H2,(H,19,22). The second-order valence-electron chi connectivity index (χ2n) is 6.09. The summed E-state index contributed by atoms with van der Waals surface area (Å²) in [6, 6.07) is 8.59. The number of nitro benzene ring substituents is 1. The van der Waals surface area contributed by atoms with Crippen LogP contribution in [-0.4, -0.2) is 30.5 Å². The summed E-state index contributed by atoms with van der Waals surface area (Å²) in [5, 5.41) is 16.0. The molecule has 0 radical (unpaired) electrons. The van der Waals surface area contributed by atoms with E-state index in [9.17, 15) is 14.9 Å². The fourth-order valence-corrected chi connectivity index (χ4v) is 3.79. The second kappa shape index (κ2) is 8.11. The molecule has 1 amide bonds. The van der Waals surface area contributed by atoms with Crippen molar-refractivity contribution in [2.24, 2.45) is 0 Å². The molecule has 7 heteroatoms. The van der Waals surface area contributed by atoms with Gasteiger partial charge in [-0.1, -0.05) is 6.07 Å². The quantitative estimate of drug-likeness (QED) is 0.631. The average molecular weight is 359 g/mol. The number of hydrogen-bond donors (Lipinski definition) is 1. The number of benzene rings is 1. The van der Waals surface area contributed by atoms with Gasteiger partial charge in [-0.2, -0.15) is 0 Å². The molecule has 0 spiro atoms. The molecule has 1 aliphatic heterocycles. The number of piperidine rings is 1. The summed E-state index contributed by atoms with van der Waals surface area (Å²) in [6.45, 7) is 2.28. The van der Waals surface area contributed by atoms with Gasteiger partial charge in [0, 0.05) is 36.6 Å². The first-order valence-electron chi connectivity index (χ1n) is 8.49. The van der Waals surface area contributed by atoms with Crippen molar-refractivity contribution in [2.45, 2.75) is 25.7 Å². The van der Waals surface area contributed by atoms with Crippen molar-refractivity contribution < 1.29 is 9.72 Å². The van der Waals surface area contributed by atoms with Crippen LogP contribution in [0.1, 0.15) is 34.5 Å². The molecule has 1 aliphatic rings. The van der Waals surface area contributed by atoms with Gasteiger partial charge in [-0.15, -0.1) is 11.3 Å². The van der Waals surface area contributed by atoms with Gasteiger partial charge in [-0.05, 0) is 43.2 Å². The van der Waals surface area contributed by atoms with E-state index in [4.69, 9.17) is 0 Å². The summed E-state index contributed by atoms with van der Waals surface area (Å²) in [5.74, 6) is -0.249. The topological polar surface area (TPSA) is 75.5 Å². The highest BCUT2D eigenvalue weighted by atomic mass is 32.1. The van der Waals surface area contributed by atoms with Crippen LogP contribution < -0.4 is 10.2 Å². The van der Waals surface area contributed by atoms with Gasteiger partial charge in [0.1, 0.15) is 0 Å². The van der Waals surface area contributed by atoms with Gasteiger partial charge in [-0.25, -0.2) is 0 Å². The molecule has 1 fully saturated rings. The van der Waals surface area contributed by atoms with Crippen LogP contribution in [0, 0.1) is 10.1 Å². The number of nitro groups is 1. The molecule has 1 aromatic carbocycles. The van der Waals surface area contributed by atoms with E-state index in [0.29, 0.717) is 12.1 Å². The number of rotatable bonds is 6. The Kier molecular flexibility index (Phi) is 5.65. The Bertz CT molecular complexity index is 740. The maximum absolute atomic E-state index is 12.7. The summed E-state index contributed by atoms with van der Waals surface area (Å²) >= 11 is 1.65. The lowest BCUT2D eigenvalue weighted by Crippen LogP contribution is -2.33. The van der Waals surface area contributed by atoms with Gasteiger partial charge < -0.3 is 10.2 Å². The third kappa shape index (κ3) is 4.36. The highest BCUT2D eigenvalue weighted by Crippen LogP contribution is 2.28. The lowest BCUT2D eigenvalue weighted by atomic mass is 10.1. The van der Waals surface area contributed by atoms with Crippen LogP contribution in [0.3, 0.4) is 0 Å². The molecule has 0 unspecified atom stereocenters. The Morgan fingerprint density at radius 1 is 1.24 bits per heavy atom. The summed E-state index contributed by atoms with van der Waals surface area (Å²) < 4.78 is 0. The van der Waals surface area contributed by atoms with Gasteiger partial charge in [0.2, 0.25) is 0 Å². The van der Waals surface area contributed by atoms with E-state index in [0.717, 1.165) is 38.0 Å². The number of anilines is 1. The fourth-order valence-electron chi connectivity index (χ4n) is 3.08. The number of thiophene rings is 1. The molecule has 25 heavy (non-hydrogen) atoms. The number of nitrogens with one attached hydrogen (secondary N) is 1. The number of non-ortho nitro benzene ring substituents is 1. The van der Waals surface area contributed by atoms with E-state index in [1.165, 1.54) is 23.4 Å². The van der Waals surface area contributed by atoms with Crippen molar-refractivity contribution in [1.29, 1.82) is 0 Å². The zero-order valence-electron chi connectivity index (χ0n) is 13.9. The maximum Gasteiger partial charge on any atom is 0.270 e. The first kappa shape index (κ1) is 17.4. The summed E-state index contributed by atoms with van der Waals surface area (Å²) in [5.41, 5.74) is 1.13. The minimum absolute atomic E-state index is 0.0517. The maximum atomic E-state index is 12.7. The van der Waals surface area contributed by atoms with Crippen molar-refractivity contribution in [1.82, 2.24) is 5.32 Å². The third-order valence-corrected chi connectivity index (χ3v) is 5.31. The fraction of sp³-hybridized carbons (Fsp3) is 0.389. The molecule has 1 saturated heterocycles.